The summed E-state index contributed by atoms with van der Waals surface area (Å²) in [6.45, 7) is 3.36. The van der Waals surface area contributed by atoms with Gasteiger partial charge in [-0.25, -0.2) is 4.98 Å². The lowest BCUT2D eigenvalue weighted by molar-refractivity contribution is 0.115. The summed E-state index contributed by atoms with van der Waals surface area (Å²) in [5.41, 5.74) is 0.514. The molecule has 0 aliphatic rings. The molecule has 16 heavy (non-hydrogen) atoms. The second-order valence-electron chi connectivity index (χ2n) is 3.26. The fourth-order valence-corrected chi connectivity index (χ4v) is 1.58. The Morgan fingerprint density at radius 1 is 1.44 bits per heavy atom. The Hall–Kier alpha value is -0.470. The molecule has 6 heteroatoms. The molecule has 0 aliphatic carbocycles. The zero-order chi connectivity index (χ0) is 12.0. The number of hydrogen-bond acceptors (Lipinski definition) is 4. The van der Waals surface area contributed by atoms with Gasteiger partial charge < -0.3 is 14.5 Å². The number of ether oxygens (including phenoxy) is 2. The number of aromatic amines is 1. The molecule has 0 radical (unpaired) electrons. The van der Waals surface area contributed by atoms with Crippen molar-refractivity contribution < 1.29 is 9.47 Å². The average Bonchev–Trinajstić information content (AvgIpc) is 2.26. The highest BCUT2D eigenvalue weighted by Crippen LogP contribution is 2.06. The second kappa shape index (κ2) is 6.97. The van der Waals surface area contributed by atoms with Gasteiger partial charge in [-0.2, -0.15) is 0 Å². The molecule has 1 heterocycles. The standard InChI is InChI=1S/C10H15IN2O3/c1-3-4-16-6-8-12-7(5-15-2)9(11)10(14)13-8/h3-6H2,1-2H3,(H,12,13,14). The molecule has 0 saturated heterocycles. The number of aromatic nitrogens is 2. The third kappa shape index (κ3) is 3.84. The number of hydrogen-bond donors (Lipinski definition) is 1. The minimum atomic E-state index is -0.141. The molecule has 0 aliphatic heterocycles. The van der Waals surface area contributed by atoms with Gasteiger partial charge in [0.1, 0.15) is 16.0 Å². The lowest BCUT2D eigenvalue weighted by Crippen LogP contribution is -2.19. The van der Waals surface area contributed by atoms with E-state index in [-0.39, 0.29) is 5.56 Å². The molecule has 0 amide bonds. The van der Waals surface area contributed by atoms with Crippen molar-refractivity contribution in [2.45, 2.75) is 26.6 Å². The van der Waals surface area contributed by atoms with Crippen LogP contribution in [0.3, 0.4) is 0 Å². The summed E-state index contributed by atoms with van der Waals surface area (Å²) in [6, 6.07) is 0. The first kappa shape index (κ1) is 13.6. The first-order valence-corrected chi connectivity index (χ1v) is 6.11. The second-order valence-corrected chi connectivity index (χ2v) is 4.34. The van der Waals surface area contributed by atoms with Crippen LogP contribution in [0.25, 0.3) is 0 Å². The molecule has 5 nitrogen and oxygen atoms in total. The van der Waals surface area contributed by atoms with Crippen molar-refractivity contribution in [2.75, 3.05) is 13.7 Å². The van der Waals surface area contributed by atoms with Gasteiger partial charge >= 0.3 is 0 Å². The van der Waals surface area contributed by atoms with Crippen molar-refractivity contribution in [1.29, 1.82) is 0 Å². The lowest BCUT2D eigenvalue weighted by atomic mass is 10.4. The van der Waals surface area contributed by atoms with Crippen LogP contribution in [0.5, 0.6) is 0 Å². The van der Waals surface area contributed by atoms with Crippen LogP contribution in [0.2, 0.25) is 0 Å². The number of rotatable bonds is 6. The maximum Gasteiger partial charge on any atom is 0.264 e. The summed E-state index contributed by atoms with van der Waals surface area (Å²) in [7, 11) is 1.58. The van der Waals surface area contributed by atoms with E-state index >= 15 is 0 Å². The Balaban J connectivity index is 2.82. The first-order chi connectivity index (χ1) is 7.69. The lowest BCUT2D eigenvalue weighted by Gasteiger charge is -2.06. The molecule has 1 aromatic heterocycles. The third-order valence-electron chi connectivity index (χ3n) is 1.85. The predicted octanol–water partition coefficient (Wildman–Crippen LogP) is 1.45. The zero-order valence-corrected chi connectivity index (χ0v) is 11.5. The van der Waals surface area contributed by atoms with E-state index in [1.54, 1.807) is 7.11 Å². The van der Waals surface area contributed by atoms with Crippen molar-refractivity contribution in [3.63, 3.8) is 0 Å². The zero-order valence-electron chi connectivity index (χ0n) is 9.38. The molecular weight excluding hydrogens is 323 g/mol. The topological polar surface area (TPSA) is 64.2 Å². The summed E-state index contributed by atoms with van der Waals surface area (Å²) in [5.74, 6) is 0.547. The van der Waals surface area contributed by atoms with Crippen LogP contribution >= 0.6 is 22.6 Å². The Kier molecular flexibility index (Phi) is 5.93. The summed E-state index contributed by atoms with van der Waals surface area (Å²) >= 11 is 1.96. The van der Waals surface area contributed by atoms with Crippen molar-refractivity contribution in [3.8, 4) is 0 Å². The molecule has 0 aromatic carbocycles. The Bertz CT molecular complexity index is 392. The maximum absolute atomic E-state index is 11.6. The summed E-state index contributed by atoms with van der Waals surface area (Å²) in [5, 5.41) is 0. The van der Waals surface area contributed by atoms with E-state index in [9.17, 15) is 4.79 Å². The molecule has 0 spiro atoms. The van der Waals surface area contributed by atoms with Crippen molar-refractivity contribution >= 4 is 22.6 Å². The highest BCUT2D eigenvalue weighted by molar-refractivity contribution is 14.1. The van der Waals surface area contributed by atoms with Crippen LogP contribution in [0.15, 0.2) is 4.79 Å². The van der Waals surface area contributed by atoms with Gasteiger partial charge in [0.2, 0.25) is 0 Å². The number of nitrogens with zero attached hydrogens (tertiary/aromatic N) is 1. The number of H-pyrrole nitrogens is 1. The van der Waals surface area contributed by atoms with E-state index in [1.807, 2.05) is 29.5 Å². The van der Waals surface area contributed by atoms with E-state index in [4.69, 9.17) is 9.47 Å². The van der Waals surface area contributed by atoms with Gasteiger partial charge in [-0.3, -0.25) is 4.79 Å². The van der Waals surface area contributed by atoms with Crippen LogP contribution < -0.4 is 5.56 Å². The van der Waals surface area contributed by atoms with E-state index < -0.39 is 0 Å². The molecule has 1 aromatic rings. The van der Waals surface area contributed by atoms with Gasteiger partial charge in [0.25, 0.3) is 5.56 Å². The fourth-order valence-electron chi connectivity index (χ4n) is 1.17. The monoisotopic (exact) mass is 338 g/mol. The molecule has 1 N–H and O–H groups in total. The van der Waals surface area contributed by atoms with Gasteiger partial charge in [0.15, 0.2) is 0 Å². The normalized spacial score (nSPS) is 10.7. The first-order valence-electron chi connectivity index (χ1n) is 5.03. The van der Waals surface area contributed by atoms with Crippen molar-refractivity contribution in [2.24, 2.45) is 0 Å². The van der Waals surface area contributed by atoms with Gasteiger partial charge in [-0.05, 0) is 29.0 Å². The van der Waals surface area contributed by atoms with E-state index in [1.165, 1.54) is 0 Å². The number of halogens is 1. The quantitative estimate of drug-likeness (QED) is 0.630. The molecule has 0 saturated carbocycles. The smallest absolute Gasteiger partial charge is 0.264 e. The predicted molar refractivity (Wildman–Crippen MR) is 68.2 cm³/mol. The Labute approximate surface area is 108 Å². The summed E-state index contributed by atoms with van der Waals surface area (Å²) in [4.78, 5) is 18.5. The molecular formula is C10H15IN2O3. The molecule has 90 valence electrons. The van der Waals surface area contributed by atoms with E-state index in [0.29, 0.717) is 34.9 Å². The highest BCUT2D eigenvalue weighted by Gasteiger charge is 2.08. The molecule has 0 atom stereocenters. The minimum absolute atomic E-state index is 0.141. The van der Waals surface area contributed by atoms with Gasteiger partial charge in [0.05, 0.1) is 12.3 Å². The minimum Gasteiger partial charge on any atom is -0.378 e. The van der Waals surface area contributed by atoms with Crippen molar-refractivity contribution in [1.82, 2.24) is 9.97 Å². The van der Waals surface area contributed by atoms with Crippen LogP contribution in [0, 0.1) is 3.57 Å². The molecule has 0 unspecified atom stereocenters. The Morgan fingerprint density at radius 2 is 2.19 bits per heavy atom. The van der Waals surface area contributed by atoms with Gasteiger partial charge in [-0.1, -0.05) is 6.92 Å². The fraction of sp³-hybridized carbons (Fsp3) is 0.600. The van der Waals surface area contributed by atoms with Crippen LogP contribution in [-0.4, -0.2) is 23.7 Å². The number of methoxy groups -OCH3 is 1. The molecule has 0 fully saturated rings. The summed E-state index contributed by atoms with van der Waals surface area (Å²) < 4.78 is 10.9. The van der Waals surface area contributed by atoms with Gasteiger partial charge in [0, 0.05) is 13.7 Å². The molecule has 1 rings (SSSR count). The van der Waals surface area contributed by atoms with Crippen LogP contribution in [0.1, 0.15) is 24.9 Å². The van der Waals surface area contributed by atoms with Crippen LogP contribution in [0.4, 0.5) is 0 Å². The highest BCUT2D eigenvalue weighted by atomic mass is 127. The van der Waals surface area contributed by atoms with E-state index in [2.05, 4.69) is 9.97 Å². The number of nitrogens with one attached hydrogen (secondary N) is 1. The molecule has 0 bridgehead atoms. The SMILES string of the molecule is CCCOCc1nc(COC)c(I)c(=O)[nH]1. The Morgan fingerprint density at radius 3 is 2.81 bits per heavy atom. The summed E-state index contributed by atoms with van der Waals surface area (Å²) in [6.07, 6.45) is 0.944. The van der Waals surface area contributed by atoms with Crippen molar-refractivity contribution in [3.05, 3.63) is 25.4 Å². The third-order valence-corrected chi connectivity index (χ3v) is 2.96. The van der Waals surface area contributed by atoms with E-state index in [0.717, 1.165) is 6.42 Å². The largest absolute Gasteiger partial charge is 0.378 e. The van der Waals surface area contributed by atoms with Crippen LogP contribution in [-0.2, 0) is 22.7 Å². The van der Waals surface area contributed by atoms with Gasteiger partial charge in [-0.15, -0.1) is 0 Å². The maximum atomic E-state index is 11.6. The average molecular weight is 338 g/mol.